The van der Waals surface area contributed by atoms with E-state index < -0.39 is 17.7 Å². The topological polar surface area (TPSA) is 101 Å². The van der Waals surface area contributed by atoms with Crippen LogP contribution < -0.4 is 20.3 Å². The van der Waals surface area contributed by atoms with E-state index >= 15 is 0 Å². The van der Waals surface area contributed by atoms with Crippen LogP contribution in [0.1, 0.15) is 19.3 Å². The highest BCUT2D eigenvalue weighted by atomic mass is 19.1. The lowest BCUT2D eigenvalue weighted by Crippen LogP contribution is -2.44. The number of benzene rings is 2. The van der Waals surface area contributed by atoms with Crippen molar-refractivity contribution in [3.63, 3.8) is 0 Å². The van der Waals surface area contributed by atoms with E-state index in [1.165, 1.54) is 12.1 Å². The molecule has 1 amide bonds. The summed E-state index contributed by atoms with van der Waals surface area (Å²) in [5.41, 5.74) is 3.77. The monoisotopic (exact) mass is 620 g/mol. The maximum Gasteiger partial charge on any atom is 0.242 e. The predicted molar refractivity (Wildman–Crippen MR) is 170 cm³/mol. The Balaban J connectivity index is 1.16. The molecule has 2 unspecified atom stereocenters. The van der Waals surface area contributed by atoms with Crippen LogP contribution in [0.2, 0.25) is 0 Å². The second-order valence-electron chi connectivity index (χ2n) is 11.6. The third-order valence-corrected chi connectivity index (χ3v) is 8.61. The summed E-state index contributed by atoms with van der Waals surface area (Å²) >= 11 is 0. The molecule has 0 saturated carbocycles. The number of aromatic nitrogens is 5. The number of rotatable bonds is 2. The number of ether oxygens (including phenoxy) is 1. The number of hydrogen-bond donors (Lipinski definition) is 2. The molecule has 2 aromatic carbocycles. The minimum Gasteiger partial charge on any atom is -0.488 e. The average Bonchev–Trinajstić information content (AvgIpc) is 3.79. The number of carbonyl (C=O) groups is 1. The highest BCUT2D eigenvalue weighted by molar-refractivity contribution is 5.88. The van der Waals surface area contributed by atoms with E-state index in [4.69, 9.17) is 4.74 Å². The Hall–Kier alpha value is -5.52. The Bertz CT molecular complexity index is 2090. The van der Waals surface area contributed by atoms with Crippen LogP contribution in [0.15, 0.2) is 85.5 Å². The van der Waals surface area contributed by atoms with Gasteiger partial charge in [-0.15, -0.1) is 0 Å². The molecular formula is C34H30F2N8O2. The third kappa shape index (κ3) is 5.05. The van der Waals surface area contributed by atoms with Crippen molar-refractivity contribution in [1.29, 1.82) is 0 Å². The fraction of sp³-hybridized carbons (Fsp3) is 0.235. The van der Waals surface area contributed by atoms with Gasteiger partial charge in [-0.3, -0.25) is 9.20 Å². The largest absolute Gasteiger partial charge is 0.488 e. The first kappa shape index (κ1) is 28.0. The number of imidazole rings is 1. The first-order chi connectivity index (χ1) is 22.5. The van der Waals surface area contributed by atoms with Crippen molar-refractivity contribution in [1.82, 2.24) is 29.3 Å². The molecule has 1 fully saturated rings. The van der Waals surface area contributed by atoms with Gasteiger partial charge in [0.2, 0.25) is 5.91 Å². The van der Waals surface area contributed by atoms with Crippen molar-refractivity contribution in [2.24, 2.45) is 0 Å². The second-order valence-corrected chi connectivity index (χ2v) is 11.6. The van der Waals surface area contributed by atoms with Gasteiger partial charge in [0.15, 0.2) is 5.82 Å². The molecule has 2 aliphatic heterocycles. The van der Waals surface area contributed by atoms with Crippen molar-refractivity contribution in [2.45, 2.75) is 31.4 Å². The molecule has 8 rings (SSSR count). The fourth-order valence-electron chi connectivity index (χ4n) is 6.44. The molecule has 0 aliphatic carbocycles. The lowest BCUT2D eigenvalue weighted by atomic mass is 10.1. The number of pyridine rings is 1. The fourth-order valence-corrected chi connectivity index (χ4v) is 6.44. The first-order valence-electron chi connectivity index (χ1n) is 15.3. The molecule has 2 N–H and O–H groups in total. The summed E-state index contributed by atoms with van der Waals surface area (Å²) in [7, 11) is 0. The van der Waals surface area contributed by atoms with Crippen molar-refractivity contribution in [2.75, 3.05) is 29.9 Å². The van der Waals surface area contributed by atoms with E-state index in [9.17, 15) is 13.6 Å². The zero-order valence-electron chi connectivity index (χ0n) is 24.7. The van der Waals surface area contributed by atoms with Crippen LogP contribution in [0, 0.1) is 11.6 Å². The van der Waals surface area contributed by atoms with Crippen molar-refractivity contribution >= 4 is 28.6 Å². The van der Waals surface area contributed by atoms with Gasteiger partial charge in [0.1, 0.15) is 46.7 Å². The lowest BCUT2D eigenvalue weighted by Gasteiger charge is -2.25. The molecule has 232 valence electrons. The van der Waals surface area contributed by atoms with Crippen molar-refractivity contribution in [3.8, 4) is 28.3 Å². The molecule has 10 nitrogen and oxygen atoms in total. The van der Waals surface area contributed by atoms with Gasteiger partial charge in [-0.1, -0.05) is 18.2 Å². The molecule has 1 saturated heterocycles. The quantitative estimate of drug-likeness (QED) is 0.270. The summed E-state index contributed by atoms with van der Waals surface area (Å²) in [5, 5.41) is 11.2. The molecule has 6 bridgehead atoms. The summed E-state index contributed by atoms with van der Waals surface area (Å²) in [5.74, 6) is 0.834. The van der Waals surface area contributed by atoms with E-state index in [1.54, 1.807) is 23.0 Å². The van der Waals surface area contributed by atoms with Crippen LogP contribution in [0.25, 0.3) is 33.5 Å². The van der Waals surface area contributed by atoms with E-state index in [0.717, 1.165) is 47.9 Å². The number of nitrogens with zero attached hydrogens (tertiary/aromatic N) is 6. The van der Waals surface area contributed by atoms with Crippen LogP contribution in [0.5, 0.6) is 5.75 Å². The first-order valence-corrected chi connectivity index (χ1v) is 15.3. The Kier molecular flexibility index (Phi) is 6.96. The van der Waals surface area contributed by atoms with Gasteiger partial charge in [-0.05, 0) is 48.7 Å². The van der Waals surface area contributed by atoms with Crippen LogP contribution >= 0.6 is 0 Å². The molecule has 46 heavy (non-hydrogen) atoms. The number of fused-ring (bicyclic) bond motifs is 7. The summed E-state index contributed by atoms with van der Waals surface area (Å²) in [4.78, 5) is 24.8. The zero-order valence-corrected chi connectivity index (χ0v) is 24.7. The number of carbonyl (C=O) groups excluding carboxylic acids is 1. The van der Waals surface area contributed by atoms with Gasteiger partial charge >= 0.3 is 0 Å². The highest BCUT2D eigenvalue weighted by Crippen LogP contribution is 2.34. The van der Waals surface area contributed by atoms with Crippen LogP contribution in [0.3, 0.4) is 0 Å². The highest BCUT2D eigenvalue weighted by Gasteiger charge is 2.40. The van der Waals surface area contributed by atoms with Gasteiger partial charge in [-0.25, -0.2) is 23.3 Å². The molecule has 2 atom stereocenters. The molecule has 6 aromatic rings. The summed E-state index contributed by atoms with van der Waals surface area (Å²) in [6.45, 7) is 1.64. The van der Waals surface area contributed by atoms with Gasteiger partial charge < -0.3 is 20.3 Å². The predicted octanol–water partition coefficient (Wildman–Crippen LogP) is 5.34. The Morgan fingerprint density at radius 1 is 0.891 bits per heavy atom. The maximum absolute atomic E-state index is 14.7. The number of anilines is 2. The minimum atomic E-state index is -0.713. The van der Waals surface area contributed by atoms with E-state index in [-0.39, 0.29) is 17.6 Å². The van der Waals surface area contributed by atoms with Crippen molar-refractivity contribution in [3.05, 3.63) is 97.1 Å². The lowest BCUT2D eigenvalue weighted by molar-refractivity contribution is -0.122. The standard InChI is InChI=1S/C34H30F2N8O2/c35-22-8-9-26(27(36)16-22)32-40-19-30-33(38-12-14-42(30)32)43-20-24-17-29(43)34(45)39-11-2-1-10-37-31-18-28-25(7-4-13-44(28)41-31)21-5-3-6-23(15-21)46-24/h3-9,12-16,18-19,24,29H,1-2,10-11,17,20H2,(H,37,41)(H,39,45). The zero-order chi connectivity index (χ0) is 31.2. The Morgan fingerprint density at radius 3 is 2.67 bits per heavy atom. The van der Waals surface area contributed by atoms with Crippen LogP contribution in [-0.2, 0) is 4.79 Å². The summed E-state index contributed by atoms with van der Waals surface area (Å²) in [6.07, 6.45) is 8.58. The van der Waals surface area contributed by atoms with Crippen LogP contribution in [0.4, 0.5) is 20.4 Å². The van der Waals surface area contributed by atoms with Gasteiger partial charge in [0.25, 0.3) is 0 Å². The molecule has 0 radical (unpaired) electrons. The summed E-state index contributed by atoms with van der Waals surface area (Å²) in [6, 6.07) is 16.9. The molecule has 2 aliphatic rings. The number of nitrogens with one attached hydrogen (secondary N) is 2. The Labute approximate surface area is 262 Å². The SMILES string of the molecule is O=C1NCCCCNc2cc3c(cccn3n2)-c2cccc(c2)OC2CC1N(c1nccn3c(-c4ccc(F)cc4F)ncc13)C2. The third-order valence-electron chi connectivity index (χ3n) is 8.61. The normalized spacial score (nSPS) is 18.7. The Morgan fingerprint density at radius 2 is 1.78 bits per heavy atom. The number of hydrogen-bond acceptors (Lipinski definition) is 7. The van der Waals surface area contributed by atoms with E-state index in [0.29, 0.717) is 42.4 Å². The van der Waals surface area contributed by atoms with Crippen LogP contribution in [-0.4, -0.2) is 61.7 Å². The van der Waals surface area contributed by atoms with Gasteiger partial charge in [-0.2, -0.15) is 5.10 Å². The minimum absolute atomic E-state index is 0.118. The number of amides is 1. The van der Waals surface area contributed by atoms with Gasteiger partial charge in [0.05, 0.1) is 23.8 Å². The van der Waals surface area contributed by atoms with Crippen molar-refractivity contribution < 1.29 is 18.3 Å². The smallest absolute Gasteiger partial charge is 0.242 e. The average molecular weight is 621 g/mol. The summed E-state index contributed by atoms with van der Waals surface area (Å²) < 4.78 is 38.5. The second kappa shape index (κ2) is 11.4. The van der Waals surface area contributed by atoms with E-state index in [1.807, 2.05) is 52.0 Å². The molecule has 0 spiro atoms. The van der Waals surface area contributed by atoms with Gasteiger partial charge in [0, 0.05) is 55.8 Å². The molecule has 4 aromatic heterocycles. The maximum atomic E-state index is 14.7. The molecule has 12 heteroatoms. The number of halogens is 2. The molecular weight excluding hydrogens is 590 g/mol. The molecule has 6 heterocycles. The van der Waals surface area contributed by atoms with E-state index in [2.05, 4.69) is 31.8 Å².